The van der Waals surface area contributed by atoms with Crippen LogP contribution in [0, 0.1) is 24.6 Å². The Kier molecular flexibility index (Phi) is 5.31. The van der Waals surface area contributed by atoms with E-state index < -0.39 is 5.82 Å². The van der Waals surface area contributed by atoms with Gasteiger partial charge in [-0.1, -0.05) is 6.92 Å². The van der Waals surface area contributed by atoms with Crippen molar-refractivity contribution in [3.05, 3.63) is 53.9 Å². The number of hydrogen-bond donors (Lipinski definition) is 3. The highest BCUT2D eigenvalue weighted by Gasteiger charge is 2.52. The Bertz CT molecular complexity index is 1480. The third-order valence-corrected chi connectivity index (χ3v) is 6.87. The van der Waals surface area contributed by atoms with Gasteiger partial charge in [-0.25, -0.2) is 14.4 Å². The van der Waals surface area contributed by atoms with E-state index >= 15 is 4.39 Å². The number of amides is 1. The van der Waals surface area contributed by atoms with E-state index in [1.54, 1.807) is 29.9 Å². The highest BCUT2D eigenvalue weighted by molar-refractivity contribution is 6.01. The summed E-state index contributed by atoms with van der Waals surface area (Å²) >= 11 is 0. The summed E-state index contributed by atoms with van der Waals surface area (Å²) in [5, 5.41) is 8.18. The van der Waals surface area contributed by atoms with Gasteiger partial charge in [-0.15, -0.1) is 0 Å². The Labute approximate surface area is 201 Å². The lowest BCUT2D eigenvalue weighted by Crippen LogP contribution is -2.16. The van der Waals surface area contributed by atoms with Gasteiger partial charge in [0.15, 0.2) is 5.82 Å². The fraction of sp³-hybridized carbons (Fsp3) is 0.280. The first-order chi connectivity index (χ1) is 16.7. The summed E-state index contributed by atoms with van der Waals surface area (Å²) in [7, 11) is 3.32. The molecule has 5 rings (SSSR count). The number of halogens is 1. The van der Waals surface area contributed by atoms with Crippen LogP contribution in [0.4, 0.5) is 21.6 Å². The van der Waals surface area contributed by atoms with Gasteiger partial charge >= 0.3 is 0 Å². The molecule has 1 amide bonds. The van der Waals surface area contributed by atoms with E-state index in [0.29, 0.717) is 33.4 Å². The minimum Gasteiger partial charge on any atom is -0.480 e. The number of nitrogen functional groups attached to an aromatic ring is 2. The van der Waals surface area contributed by atoms with Crippen LogP contribution in [-0.2, 0) is 11.8 Å². The summed E-state index contributed by atoms with van der Waals surface area (Å²) < 4.78 is 22.1. The smallest absolute Gasteiger partial charge is 0.237 e. The van der Waals surface area contributed by atoms with Crippen molar-refractivity contribution in [3.8, 4) is 17.0 Å². The number of nitrogens with zero attached hydrogens (tertiary/aromatic N) is 4. The molecule has 1 aliphatic carbocycles. The Morgan fingerprint density at radius 2 is 1.91 bits per heavy atom. The molecule has 3 atom stereocenters. The predicted octanol–water partition coefficient (Wildman–Crippen LogP) is 3.64. The first-order valence-corrected chi connectivity index (χ1v) is 11.2. The second kappa shape index (κ2) is 8.23. The summed E-state index contributed by atoms with van der Waals surface area (Å²) in [5.41, 5.74) is 14.9. The van der Waals surface area contributed by atoms with Gasteiger partial charge in [-0.3, -0.25) is 9.48 Å². The number of pyridine rings is 2. The standard InChI is InChI=1S/C25H26FN7O2/c1-11-16(8-30-25(35-4)22(11)27)15-5-13-6-18(29-9-17(13)23(28)21(15)26)32-24(34)20-12(2)19(20)14-7-31-33(3)10-14/h5-10,12,19-20H,27-28H2,1-4H3,(H,29,32,34)/t12-,19-,20+/m0/s1. The van der Waals surface area contributed by atoms with Crippen molar-refractivity contribution in [2.75, 3.05) is 23.9 Å². The maximum atomic E-state index is 15.3. The molecule has 0 radical (unpaired) electrons. The van der Waals surface area contributed by atoms with Crippen LogP contribution in [0.15, 0.2) is 36.9 Å². The quantitative estimate of drug-likeness (QED) is 0.375. The topological polar surface area (TPSA) is 134 Å². The van der Waals surface area contributed by atoms with Crippen molar-refractivity contribution < 1.29 is 13.9 Å². The molecule has 180 valence electrons. The lowest BCUT2D eigenvalue weighted by Gasteiger charge is -2.15. The third-order valence-electron chi connectivity index (χ3n) is 6.87. The Morgan fingerprint density at radius 1 is 1.14 bits per heavy atom. The van der Waals surface area contributed by atoms with E-state index in [2.05, 4.69) is 20.4 Å². The predicted molar refractivity (Wildman–Crippen MR) is 132 cm³/mol. The van der Waals surface area contributed by atoms with E-state index in [1.165, 1.54) is 19.5 Å². The molecule has 1 aliphatic rings. The van der Waals surface area contributed by atoms with Gasteiger partial charge in [0, 0.05) is 54.0 Å². The van der Waals surface area contributed by atoms with Gasteiger partial charge < -0.3 is 21.5 Å². The van der Waals surface area contributed by atoms with Gasteiger partial charge in [0.05, 0.1) is 24.7 Å². The van der Waals surface area contributed by atoms with Crippen LogP contribution in [0.1, 0.15) is 24.0 Å². The molecule has 1 saturated carbocycles. The molecule has 0 spiro atoms. The summed E-state index contributed by atoms with van der Waals surface area (Å²) in [6.07, 6.45) is 6.70. The molecular formula is C25H26FN7O2. The fourth-order valence-electron chi connectivity index (χ4n) is 4.79. The second-order valence-electron chi connectivity index (χ2n) is 9.01. The molecule has 1 aromatic carbocycles. The van der Waals surface area contributed by atoms with Crippen LogP contribution in [-0.4, -0.2) is 32.8 Å². The third kappa shape index (κ3) is 3.71. The first-order valence-electron chi connectivity index (χ1n) is 11.2. The number of aryl methyl sites for hydroxylation is 1. The van der Waals surface area contributed by atoms with E-state index in [9.17, 15) is 4.79 Å². The minimum absolute atomic E-state index is 0.0378. The van der Waals surface area contributed by atoms with Crippen LogP contribution in [0.25, 0.3) is 21.9 Å². The number of methoxy groups -OCH3 is 1. The number of rotatable bonds is 5. The van der Waals surface area contributed by atoms with Crippen molar-refractivity contribution in [2.24, 2.45) is 18.9 Å². The second-order valence-corrected chi connectivity index (χ2v) is 9.01. The molecule has 0 aliphatic heterocycles. The Hall–Kier alpha value is -4.21. The summed E-state index contributed by atoms with van der Waals surface area (Å²) in [5.74, 6) is 0.0966. The van der Waals surface area contributed by atoms with Crippen LogP contribution < -0.4 is 21.5 Å². The average molecular weight is 476 g/mol. The number of hydrogen-bond acceptors (Lipinski definition) is 7. The van der Waals surface area contributed by atoms with E-state index in [1.807, 2.05) is 20.2 Å². The number of carbonyl (C=O) groups excluding carboxylic acids is 1. The highest BCUT2D eigenvalue weighted by atomic mass is 19.1. The molecule has 9 nitrogen and oxygen atoms in total. The van der Waals surface area contributed by atoms with Crippen molar-refractivity contribution in [2.45, 2.75) is 19.8 Å². The normalized spacial score (nSPS) is 19.1. The Balaban J connectivity index is 1.47. The number of nitrogens with two attached hydrogens (primary N) is 2. The molecule has 0 unspecified atom stereocenters. The summed E-state index contributed by atoms with van der Waals surface area (Å²) in [6.45, 7) is 3.81. The van der Waals surface area contributed by atoms with Gasteiger partial charge in [-0.2, -0.15) is 5.10 Å². The minimum atomic E-state index is -0.586. The lowest BCUT2D eigenvalue weighted by atomic mass is 9.97. The summed E-state index contributed by atoms with van der Waals surface area (Å²) in [6, 6.07) is 3.35. The fourth-order valence-corrected chi connectivity index (χ4v) is 4.79. The van der Waals surface area contributed by atoms with Gasteiger partial charge in [0.1, 0.15) is 5.82 Å². The van der Waals surface area contributed by atoms with E-state index in [4.69, 9.17) is 16.2 Å². The zero-order valence-electron chi connectivity index (χ0n) is 19.8. The number of carbonyl (C=O) groups is 1. The molecule has 0 bridgehead atoms. The molecule has 4 aromatic rings. The number of nitrogens with one attached hydrogen (secondary N) is 1. The number of ether oxygens (including phenoxy) is 1. The van der Waals surface area contributed by atoms with Gasteiger partial charge in [0.2, 0.25) is 11.8 Å². The zero-order valence-corrected chi connectivity index (χ0v) is 19.8. The van der Waals surface area contributed by atoms with Crippen molar-refractivity contribution in [3.63, 3.8) is 0 Å². The number of aromatic nitrogens is 4. The van der Waals surface area contributed by atoms with E-state index in [-0.39, 0.29) is 40.8 Å². The molecule has 0 saturated heterocycles. The van der Waals surface area contributed by atoms with Crippen LogP contribution in [0.2, 0.25) is 0 Å². The first kappa shape index (κ1) is 22.6. The zero-order chi connectivity index (χ0) is 25.0. The lowest BCUT2D eigenvalue weighted by molar-refractivity contribution is -0.117. The van der Waals surface area contributed by atoms with Crippen LogP contribution in [0.5, 0.6) is 5.88 Å². The van der Waals surface area contributed by atoms with Gasteiger partial charge in [-0.05, 0) is 41.5 Å². The van der Waals surface area contributed by atoms with Crippen LogP contribution in [0.3, 0.4) is 0 Å². The van der Waals surface area contributed by atoms with Crippen molar-refractivity contribution in [1.82, 2.24) is 19.7 Å². The Morgan fingerprint density at radius 3 is 2.60 bits per heavy atom. The molecule has 35 heavy (non-hydrogen) atoms. The maximum Gasteiger partial charge on any atom is 0.237 e. The monoisotopic (exact) mass is 475 g/mol. The average Bonchev–Trinajstić information content (AvgIpc) is 3.32. The van der Waals surface area contributed by atoms with Crippen molar-refractivity contribution in [1.29, 1.82) is 0 Å². The van der Waals surface area contributed by atoms with E-state index in [0.717, 1.165) is 5.56 Å². The SMILES string of the molecule is COc1ncc(-c2cc3cc(NC(=O)[C@@H]4[C@@H](C)[C@H]4c4cnn(C)c4)ncc3c(N)c2F)c(C)c1N. The molecule has 3 aromatic heterocycles. The highest BCUT2D eigenvalue weighted by Crippen LogP contribution is 2.54. The number of anilines is 3. The molecular weight excluding hydrogens is 449 g/mol. The molecule has 10 heteroatoms. The van der Waals surface area contributed by atoms with Crippen LogP contribution >= 0.6 is 0 Å². The van der Waals surface area contributed by atoms with Crippen molar-refractivity contribution >= 4 is 33.9 Å². The maximum absolute atomic E-state index is 15.3. The molecule has 3 heterocycles. The van der Waals surface area contributed by atoms with Gasteiger partial charge in [0.25, 0.3) is 0 Å². The molecule has 1 fully saturated rings. The summed E-state index contributed by atoms with van der Waals surface area (Å²) in [4.78, 5) is 21.4. The molecule has 5 N–H and O–H groups in total. The number of fused-ring (bicyclic) bond motifs is 1. The number of benzene rings is 1. The largest absolute Gasteiger partial charge is 0.480 e.